The minimum Gasteiger partial charge on any atom is -0.393 e. The van der Waals surface area contributed by atoms with Gasteiger partial charge in [-0.2, -0.15) is 0 Å². The molecule has 1 fully saturated rings. The summed E-state index contributed by atoms with van der Waals surface area (Å²) in [5.74, 6) is 0.282. The van der Waals surface area contributed by atoms with E-state index in [1.807, 2.05) is 60.4 Å². The molecule has 2 aromatic rings. The number of benzene rings is 1. The van der Waals surface area contributed by atoms with E-state index in [0.29, 0.717) is 13.1 Å². The Kier molecular flexibility index (Phi) is 5.66. The molecular weight excluding hydrogens is 314 g/mol. The Labute approximate surface area is 148 Å². The van der Waals surface area contributed by atoms with Gasteiger partial charge in [0.25, 0.3) is 0 Å². The summed E-state index contributed by atoms with van der Waals surface area (Å²) in [4.78, 5) is 19.0. The summed E-state index contributed by atoms with van der Waals surface area (Å²) in [6, 6.07) is 15.3. The fourth-order valence-electron chi connectivity index (χ4n) is 3.32. The first kappa shape index (κ1) is 17.4. The van der Waals surface area contributed by atoms with Crippen LogP contribution in [-0.2, 0) is 0 Å². The lowest BCUT2D eigenvalue weighted by Gasteiger charge is -2.34. The highest BCUT2D eigenvalue weighted by molar-refractivity contribution is 5.75. The molecule has 2 unspecified atom stereocenters. The number of aliphatic hydroxyl groups is 1. The number of carbonyl (C=O) groups is 1. The topological polar surface area (TPSA) is 65.5 Å². The molecular formula is C20H25N3O2. The molecule has 0 aliphatic carbocycles. The van der Waals surface area contributed by atoms with Gasteiger partial charge in [0.05, 0.1) is 17.8 Å². The first-order valence-electron chi connectivity index (χ1n) is 8.84. The van der Waals surface area contributed by atoms with Crippen molar-refractivity contribution in [1.29, 1.82) is 0 Å². The number of nitrogens with one attached hydrogen (secondary N) is 1. The summed E-state index contributed by atoms with van der Waals surface area (Å²) >= 11 is 0. The second kappa shape index (κ2) is 8.12. The summed E-state index contributed by atoms with van der Waals surface area (Å²) in [6.07, 6.45) is 3.11. The number of pyridine rings is 1. The van der Waals surface area contributed by atoms with Crippen molar-refractivity contribution >= 4 is 6.03 Å². The Morgan fingerprint density at radius 1 is 1.16 bits per heavy atom. The third-order valence-electron chi connectivity index (χ3n) is 4.89. The average molecular weight is 339 g/mol. The van der Waals surface area contributed by atoms with E-state index in [2.05, 4.69) is 10.3 Å². The molecule has 1 saturated heterocycles. The highest BCUT2D eigenvalue weighted by atomic mass is 16.3. The number of rotatable bonds is 4. The van der Waals surface area contributed by atoms with E-state index in [-0.39, 0.29) is 24.1 Å². The van der Waals surface area contributed by atoms with Crippen molar-refractivity contribution in [3.63, 3.8) is 0 Å². The van der Waals surface area contributed by atoms with Crippen LogP contribution in [0.15, 0.2) is 54.7 Å². The smallest absolute Gasteiger partial charge is 0.318 e. The van der Waals surface area contributed by atoms with Gasteiger partial charge in [-0.1, -0.05) is 36.4 Å². The number of hydrogen-bond acceptors (Lipinski definition) is 3. The van der Waals surface area contributed by atoms with Crippen molar-refractivity contribution in [3.05, 3.63) is 66.0 Å². The van der Waals surface area contributed by atoms with Crippen molar-refractivity contribution in [2.45, 2.75) is 31.9 Å². The number of urea groups is 1. The van der Waals surface area contributed by atoms with Crippen LogP contribution in [0.25, 0.3) is 0 Å². The molecule has 1 aromatic heterocycles. The van der Waals surface area contributed by atoms with Crippen molar-refractivity contribution in [1.82, 2.24) is 15.2 Å². The quantitative estimate of drug-likeness (QED) is 0.900. The van der Waals surface area contributed by atoms with Crippen molar-refractivity contribution in [2.24, 2.45) is 5.92 Å². The number of nitrogens with zero attached hydrogens (tertiary/aromatic N) is 2. The van der Waals surface area contributed by atoms with Crippen molar-refractivity contribution in [2.75, 3.05) is 13.1 Å². The molecule has 25 heavy (non-hydrogen) atoms. The number of carbonyl (C=O) groups excluding carboxylic acids is 1. The van der Waals surface area contributed by atoms with E-state index in [1.54, 1.807) is 6.20 Å². The van der Waals surface area contributed by atoms with Crippen molar-refractivity contribution < 1.29 is 9.90 Å². The van der Waals surface area contributed by atoms with Gasteiger partial charge in [0.15, 0.2) is 0 Å². The molecule has 2 heterocycles. The number of piperidine rings is 1. The maximum Gasteiger partial charge on any atom is 0.318 e. The van der Waals surface area contributed by atoms with Gasteiger partial charge < -0.3 is 15.3 Å². The van der Waals surface area contributed by atoms with Crippen LogP contribution >= 0.6 is 0 Å². The van der Waals surface area contributed by atoms with Gasteiger partial charge >= 0.3 is 6.03 Å². The Hall–Kier alpha value is -2.40. The zero-order valence-electron chi connectivity index (χ0n) is 14.5. The van der Waals surface area contributed by atoms with Crippen LogP contribution in [0.4, 0.5) is 4.79 Å². The molecule has 5 nitrogen and oxygen atoms in total. The molecule has 2 atom stereocenters. The SMILES string of the molecule is CC(O)C1CCN(C(=O)NC(c2ccccc2)c2ccccn2)CC1. The molecule has 0 bridgehead atoms. The van der Waals surface area contributed by atoms with E-state index in [4.69, 9.17) is 0 Å². The Balaban J connectivity index is 1.72. The predicted octanol–water partition coefficient (Wildman–Crippen LogP) is 2.97. The Bertz CT molecular complexity index is 628. The monoisotopic (exact) mass is 339 g/mol. The third kappa shape index (κ3) is 4.37. The van der Waals surface area contributed by atoms with Gasteiger partial charge in [-0.25, -0.2) is 4.79 Å². The van der Waals surface area contributed by atoms with Crippen LogP contribution in [0.1, 0.15) is 37.1 Å². The fraction of sp³-hybridized carbons (Fsp3) is 0.400. The molecule has 0 saturated carbocycles. The van der Waals surface area contributed by atoms with Gasteiger partial charge in [-0.15, -0.1) is 0 Å². The van der Waals surface area contributed by atoms with Gasteiger partial charge in [0.1, 0.15) is 0 Å². The maximum absolute atomic E-state index is 12.8. The second-order valence-electron chi connectivity index (χ2n) is 6.61. The highest BCUT2D eigenvalue weighted by Gasteiger charge is 2.27. The Morgan fingerprint density at radius 2 is 1.84 bits per heavy atom. The molecule has 5 heteroatoms. The summed E-state index contributed by atoms with van der Waals surface area (Å²) in [7, 11) is 0. The van der Waals surface area contributed by atoms with E-state index in [9.17, 15) is 9.90 Å². The van der Waals surface area contributed by atoms with Gasteiger partial charge in [0, 0.05) is 19.3 Å². The molecule has 3 rings (SSSR count). The lowest BCUT2D eigenvalue weighted by molar-refractivity contribution is 0.0795. The van der Waals surface area contributed by atoms with E-state index < -0.39 is 0 Å². The molecule has 1 aromatic carbocycles. The zero-order valence-corrected chi connectivity index (χ0v) is 14.5. The molecule has 2 amide bonds. The predicted molar refractivity (Wildman–Crippen MR) is 97.0 cm³/mol. The molecule has 0 radical (unpaired) electrons. The van der Waals surface area contributed by atoms with Crippen LogP contribution in [-0.4, -0.2) is 40.2 Å². The standard InChI is InChI=1S/C20H25N3O2/c1-15(24)16-10-13-23(14-11-16)20(25)22-19(17-7-3-2-4-8-17)18-9-5-6-12-21-18/h2-9,12,15-16,19,24H,10-11,13-14H2,1H3,(H,22,25). The number of amides is 2. The van der Waals surface area contributed by atoms with Crippen molar-refractivity contribution in [3.8, 4) is 0 Å². The summed E-state index contributed by atoms with van der Waals surface area (Å²) < 4.78 is 0. The van der Waals surface area contributed by atoms with Crippen LogP contribution in [0.3, 0.4) is 0 Å². The lowest BCUT2D eigenvalue weighted by Crippen LogP contribution is -2.47. The highest BCUT2D eigenvalue weighted by Crippen LogP contribution is 2.23. The molecule has 2 N–H and O–H groups in total. The second-order valence-corrected chi connectivity index (χ2v) is 6.61. The zero-order chi connectivity index (χ0) is 17.6. The number of aromatic nitrogens is 1. The molecule has 0 spiro atoms. The average Bonchev–Trinajstić information content (AvgIpc) is 2.67. The minimum atomic E-state index is -0.309. The van der Waals surface area contributed by atoms with Crippen LogP contribution in [0.5, 0.6) is 0 Å². The van der Waals surface area contributed by atoms with E-state index >= 15 is 0 Å². The first-order valence-corrected chi connectivity index (χ1v) is 8.84. The van der Waals surface area contributed by atoms with Crippen LogP contribution in [0.2, 0.25) is 0 Å². The van der Waals surface area contributed by atoms with E-state index in [0.717, 1.165) is 24.1 Å². The first-order chi connectivity index (χ1) is 12.1. The minimum absolute atomic E-state index is 0.0800. The number of hydrogen-bond donors (Lipinski definition) is 2. The molecule has 1 aliphatic heterocycles. The maximum atomic E-state index is 12.8. The molecule has 132 valence electrons. The summed E-state index contributed by atoms with van der Waals surface area (Å²) in [5, 5.41) is 12.8. The fourth-order valence-corrected chi connectivity index (χ4v) is 3.32. The number of likely N-dealkylation sites (tertiary alicyclic amines) is 1. The summed E-state index contributed by atoms with van der Waals surface area (Å²) in [6.45, 7) is 3.17. The van der Waals surface area contributed by atoms with Gasteiger partial charge in [-0.05, 0) is 43.4 Å². The van der Waals surface area contributed by atoms with Gasteiger partial charge in [-0.3, -0.25) is 4.98 Å². The van der Waals surface area contributed by atoms with E-state index in [1.165, 1.54) is 0 Å². The van der Waals surface area contributed by atoms with Gasteiger partial charge in [0.2, 0.25) is 0 Å². The van der Waals surface area contributed by atoms with Crippen LogP contribution < -0.4 is 5.32 Å². The van der Waals surface area contributed by atoms with Crippen LogP contribution in [0, 0.1) is 5.92 Å². The largest absolute Gasteiger partial charge is 0.393 e. The third-order valence-corrected chi connectivity index (χ3v) is 4.89. The lowest BCUT2D eigenvalue weighted by atomic mass is 9.92. The molecule has 1 aliphatic rings. The normalized spacial score (nSPS) is 17.8. The summed E-state index contributed by atoms with van der Waals surface area (Å²) in [5.41, 5.74) is 1.83. The number of aliphatic hydroxyl groups excluding tert-OH is 1. The Morgan fingerprint density at radius 3 is 2.44 bits per heavy atom.